The number of amides is 3. The molecule has 0 radical (unpaired) electrons. The second kappa shape index (κ2) is 8.27. The summed E-state index contributed by atoms with van der Waals surface area (Å²) in [4.78, 5) is 27.4. The molecule has 5 nitrogen and oxygen atoms in total. The molecule has 0 saturated carbocycles. The van der Waals surface area contributed by atoms with E-state index in [1.54, 1.807) is 4.90 Å². The van der Waals surface area contributed by atoms with E-state index in [4.69, 9.17) is 0 Å². The molecule has 28 heavy (non-hydrogen) atoms. The standard InChI is InChI=1S/C22H21N3O2S/c26-21(20-7-4-14-28-20)25-13-11-17-8-9-18(15-19(17)25)24-22(27)23-12-10-16-5-2-1-3-6-16/h1-9,14-15H,10-13H2,(H2,23,24,27). The summed E-state index contributed by atoms with van der Waals surface area (Å²) in [5.74, 6) is 0.0122. The summed E-state index contributed by atoms with van der Waals surface area (Å²) in [6.07, 6.45) is 1.61. The molecular formula is C22H21N3O2S. The molecule has 0 aliphatic carbocycles. The lowest BCUT2D eigenvalue weighted by Gasteiger charge is -2.17. The molecule has 2 heterocycles. The molecule has 3 aromatic rings. The van der Waals surface area contributed by atoms with E-state index in [2.05, 4.69) is 10.6 Å². The highest BCUT2D eigenvalue weighted by Crippen LogP contribution is 2.32. The van der Waals surface area contributed by atoms with Gasteiger partial charge in [-0.15, -0.1) is 11.3 Å². The van der Waals surface area contributed by atoms with Crippen molar-refractivity contribution < 1.29 is 9.59 Å². The van der Waals surface area contributed by atoms with Crippen LogP contribution >= 0.6 is 11.3 Å². The highest BCUT2D eigenvalue weighted by Gasteiger charge is 2.26. The number of anilines is 2. The fraction of sp³-hybridized carbons (Fsp3) is 0.182. The van der Waals surface area contributed by atoms with Gasteiger partial charge in [0.1, 0.15) is 0 Å². The van der Waals surface area contributed by atoms with Crippen LogP contribution < -0.4 is 15.5 Å². The number of rotatable bonds is 5. The summed E-state index contributed by atoms with van der Waals surface area (Å²) >= 11 is 1.44. The highest BCUT2D eigenvalue weighted by atomic mass is 32.1. The Morgan fingerprint density at radius 1 is 1.04 bits per heavy atom. The molecule has 3 amide bonds. The van der Waals surface area contributed by atoms with Crippen LogP contribution in [0.2, 0.25) is 0 Å². The molecule has 0 unspecified atom stereocenters. The number of hydrogen-bond donors (Lipinski definition) is 2. The molecule has 0 fully saturated rings. The molecule has 2 N–H and O–H groups in total. The third-order valence-electron chi connectivity index (χ3n) is 4.76. The van der Waals surface area contributed by atoms with Gasteiger partial charge in [-0.3, -0.25) is 4.79 Å². The summed E-state index contributed by atoms with van der Waals surface area (Å²) in [5, 5.41) is 7.65. The fourth-order valence-corrected chi connectivity index (χ4v) is 4.01. The average Bonchev–Trinajstić information content (AvgIpc) is 3.38. The largest absolute Gasteiger partial charge is 0.338 e. The Kier molecular flexibility index (Phi) is 5.39. The zero-order valence-electron chi connectivity index (χ0n) is 15.4. The van der Waals surface area contributed by atoms with Crippen molar-refractivity contribution in [1.82, 2.24) is 5.32 Å². The lowest BCUT2D eigenvalue weighted by atomic mass is 10.1. The van der Waals surface area contributed by atoms with Crippen LogP contribution in [-0.2, 0) is 12.8 Å². The van der Waals surface area contributed by atoms with Crippen LogP contribution in [0.4, 0.5) is 16.2 Å². The summed E-state index contributed by atoms with van der Waals surface area (Å²) in [6, 6.07) is 19.3. The number of nitrogens with one attached hydrogen (secondary N) is 2. The third kappa shape index (κ3) is 4.07. The smallest absolute Gasteiger partial charge is 0.319 e. The van der Waals surface area contributed by atoms with E-state index >= 15 is 0 Å². The molecule has 1 aliphatic rings. The van der Waals surface area contributed by atoms with Crippen LogP contribution in [0.3, 0.4) is 0 Å². The van der Waals surface area contributed by atoms with Crippen LogP contribution in [0, 0.1) is 0 Å². The first kappa shape index (κ1) is 18.3. The SMILES string of the molecule is O=C(NCCc1ccccc1)Nc1ccc2c(c1)N(C(=O)c1cccs1)CC2. The van der Waals surface area contributed by atoms with Gasteiger partial charge in [-0.05, 0) is 47.5 Å². The van der Waals surface area contributed by atoms with E-state index in [9.17, 15) is 9.59 Å². The van der Waals surface area contributed by atoms with Crippen molar-refractivity contribution in [3.63, 3.8) is 0 Å². The molecule has 0 spiro atoms. The molecule has 0 bridgehead atoms. The minimum Gasteiger partial charge on any atom is -0.338 e. The number of carbonyl (C=O) groups is 2. The van der Waals surface area contributed by atoms with Crippen LogP contribution in [0.25, 0.3) is 0 Å². The zero-order chi connectivity index (χ0) is 19.3. The Bertz CT molecular complexity index is 971. The van der Waals surface area contributed by atoms with E-state index < -0.39 is 0 Å². The topological polar surface area (TPSA) is 61.4 Å². The lowest BCUT2D eigenvalue weighted by Crippen LogP contribution is -2.31. The number of hydrogen-bond acceptors (Lipinski definition) is 3. The summed E-state index contributed by atoms with van der Waals surface area (Å²) in [7, 11) is 0. The first-order valence-electron chi connectivity index (χ1n) is 9.28. The van der Waals surface area contributed by atoms with Crippen LogP contribution in [0.15, 0.2) is 66.0 Å². The van der Waals surface area contributed by atoms with E-state index in [0.717, 1.165) is 29.0 Å². The van der Waals surface area contributed by atoms with Gasteiger partial charge in [0, 0.05) is 24.5 Å². The second-order valence-corrected chi connectivity index (χ2v) is 7.59. The van der Waals surface area contributed by atoms with E-state index in [1.807, 2.05) is 66.0 Å². The van der Waals surface area contributed by atoms with Crippen molar-refractivity contribution in [3.8, 4) is 0 Å². The van der Waals surface area contributed by atoms with Crippen LogP contribution in [0.5, 0.6) is 0 Å². The second-order valence-electron chi connectivity index (χ2n) is 6.64. The number of benzene rings is 2. The Morgan fingerprint density at radius 2 is 1.89 bits per heavy atom. The maximum Gasteiger partial charge on any atom is 0.319 e. The summed E-state index contributed by atoms with van der Waals surface area (Å²) in [6.45, 7) is 1.22. The van der Waals surface area contributed by atoms with E-state index in [-0.39, 0.29) is 11.9 Å². The minimum atomic E-state index is -0.245. The summed E-state index contributed by atoms with van der Waals surface area (Å²) < 4.78 is 0. The van der Waals surface area contributed by atoms with Gasteiger partial charge in [0.2, 0.25) is 0 Å². The summed E-state index contributed by atoms with van der Waals surface area (Å²) in [5.41, 5.74) is 3.87. The molecule has 1 aliphatic heterocycles. The van der Waals surface area contributed by atoms with Gasteiger partial charge in [-0.25, -0.2) is 4.79 Å². The predicted octanol–water partition coefficient (Wildman–Crippen LogP) is 4.32. The van der Waals surface area contributed by atoms with Gasteiger partial charge >= 0.3 is 6.03 Å². The zero-order valence-corrected chi connectivity index (χ0v) is 16.2. The van der Waals surface area contributed by atoms with Crippen molar-refractivity contribution in [3.05, 3.63) is 82.0 Å². The number of thiophene rings is 1. The van der Waals surface area contributed by atoms with Gasteiger partial charge in [-0.2, -0.15) is 0 Å². The Balaban J connectivity index is 1.38. The monoisotopic (exact) mass is 391 g/mol. The van der Waals surface area contributed by atoms with Crippen LogP contribution in [-0.4, -0.2) is 25.0 Å². The Morgan fingerprint density at radius 3 is 2.68 bits per heavy atom. The Hall–Kier alpha value is -3.12. The van der Waals surface area contributed by atoms with Crippen molar-refractivity contribution >= 4 is 34.6 Å². The number of urea groups is 1. The molecule has 1 aromatic heterocycles. The maximum atomic E-state index is 12.7. The quantitative estimate of drug-likeness (QED) is 0.681. The van der Waals surface area contributed by atoms with Gasteiger partial charge < -0.3 is 15.5 Å². The van der Waals surface area contributed by atoms with Crippen molar-refractivity contribution in [2.75, 3.05) is 23.3 Å². The first-order chi connectivity index (χ1) is 13.7. The van der Waals surface area contributed by atoms with Crippen molar-refractivity contribution in [1.29, 1.82) is 0 Å². The lowest BCUT2D eigenvalue weighted by molar-refractivity contribution is 0.0993. The average molecular weight is 391 g/mol. The van der Waals surface area contributed by atoms with E-state index in [0.29, 0.717) is 18.8 Å². The fourth-order valence-electron chi connectivity index (χ4n) is 3.34. The van der Waals surface area contributed by atoms with Crippen molar-refractivity contribution in [2.24, 2.45) is 0 Å². The molecule has 6 heteroatoms. The first-order valence-corrected chi connectivity index (χ1v) is 10.2. The van der Waals surface area contributed by atoms with Gasteiger partial charge in [-0.1, -0.05) is 42.5 Å². The molecular weight excluding hydrogens is 370 g/mol. The van der Waals surface area contributed by atoms with Crippen LogP contribution in [0.1, 0.15) is 20.8 Å². The minimum absolute atomic E-state index is 0.0122. The maximum absolute atomic E-state index is 12.7. The highest BCUT2D eigenvalue weighted by molar-refractivity contribution is 7.12. The molecule has 142 valence electrons. The molecule has 0 atom stereocenters. The molecule has 2 aromatic carbocycles. The normalized spacial score (nSPS) is 12.5. The number of carbonyl (C=O) groups excluding carboxylic acids is 2. The molecule has 0 saturated heterocycles. The number of nitrogens with zero attached hydrogens (tertiary/aromatic N) is 1. The Labute approximate surface area is 168 Å². The third-order valence-corrected chi connectivity index (χ3v) is 5.62. The van der Waals surface area contributed by atoms with Gasteiger partial charge in [0.05, 0.1) is 4.88 Å². The van der Waals surface area contributed by atoms with Crippen molar-refractivity contribution in [2.45, 2.75) is 12.8 Å². The van der Waals surface area contributed by atoms with Gasteiger partial charge in [0.25, 0.3) is 5.91 Å². The molecule has 4 rings (SSSR count). The predicted molar refractivity (Wildman–Crippen MR) is 113 cm³/mol. The van der Waals surface area contributed by atoms with Gasteiger partial charge in [0.15, 0.2) is 0 Å². The van der Waals surface area contributed by atoms with E-state index in [1.165, 1.54) is 16.9 Å². The number of fused-ring (bicyclic) bond motifs is 1.